The summed E-state index contributed by atoms with van der Waals surface area (Å²) in [6.45, 7) is 3.95. The summed E-state index contributed by atoms with van der Waals surface area (Å²) in [7, 11) is 0. The van der Waals surface area contributed by atoms with E-state index < -0.39 is 0 Å². The molecule has 3 heteroatoms. The number of benzene rings is 1. The van der Waals surface area contributed by atoms with Crippen LogP contribution in [0.15, 0.2) is 28.8 Å². The summed E-state index contributed by atoms with van der Waals surface area (Å²) in [6, 6.07) is 8.00. The quantitative estimate of drug-likeness (QED) is 0.748. The SMILES string of the molecule is Cc1ccccc1-c1onc(N)c1C. The Morgan fingerprint density at radius 2 is 1.93 bits per heavy atom. The van der Waals surface area contributed by atoms with Crippen molar-refractivity contribution in [1.29, 1.82) is 0 Å². The van der Waals surface area contributed by atoms with E-state index in [0.717, 1.165) is 22.5 Å². The van der Waals surface area contributed by atoms with Crippen LogP contribution in [-0.2, 0) is 0 Å². The Labute approximate surface area is 82.5 Å². The minimum absolute atomic E-state index is 0.461. The fourth-order valence-corrected chi connectivity index (χ4v) is 1.43. The number of nitrogens with two attached hydrogens (primary N) is 1. The molecule has 3 nitrogen and oxygen atoms in total. The minimum Gasteiger partial charge on any atom is -0.381 e. The fraction of sp³-hybridized carbons (Fsp3) is 0.182. The maximum absolute atomic E-state index is 5.62. The standard InChI is InChI=1S/C11H12N2O/c1-7-5-3-4-6-9(7)10-8(2)11(12)13-14-10/h3-6H,1-2H3,(H2,12,13). The van der Waals surface area contributed by atoms with Crippen LogP contribution in [0, 0.1) is 13.8 Å². The van der Waals surface area contributed by atoms with Crippen molar-refractivity contribution in [1.82, 2.24) is 5.16 Å². The van der Waals surface area contributed by atoms with E-state index in [1.807, 2.05) is 38.1 Å². The molecule has 1 aromatic carbocycles. The van der Waals surface area contributed by atoms with Gasteiger partial charge in [0.15, 0.2) is 11.6 Å². The van der Waals surface area contributed by atoms with E-state index in [0.29, 0.717) is 5.82 Å². The summed E-state index contributed by atoms with van der Waals surface area (Å²) >= 11 is 0. The van der Waals surface area contributed by atoms with Crippen LogP contribution >= 0.6 is 0 Å². The van der Waals surface area contributed by atoms with Gasteiger partial charge in [-0.3, -0.25) is 0 Å². The summed E-state index contributed by atoms with van der Waals surface area (Å²) < 4.78 is 5.19. The molecule has 2 aromatic rings. The van der Waals surface area contributed by atoms with E-state index in [2.05, 4.69) is 5.16 Å². The lowest BCUT2D eigenvalue weighted by Crippen LogP contribution is -1.87. The van der Waals surface area contributed by atoms with Crippen LogP contribution < -0.4 is 5.73 Å². The molecular formula is C11H12N2O. The maximum Gasteiger partial charge on any atom is 0.172 e. The molecule has 1 aromatic heterocycles. The molecule has 0 fully saturated rings. The molecule has 72 valence electrons. The number of nitrogens with zero attached hydrogens (tertiary/aromatic N) is 1. The number of aryl methyl sites for hydroxylation is 1. The van der Waals surface area contributed by atoms with Crippen LogP contribution in [0.4, 0.5) is 5.82 Å². The molecule has 0 saturated carbocycles. The van der Waals surface area contributed by atoms with Crippen LogP contribution in [0.25, 0.3) is 11.3 Å². The van der Waals surface area contributed by atoms with E-state index in [4.69, 9.17) is 10.3 Å². The normalized spacial score (nSPS) is 10.4. The third-order valence-electron chi connectivity index (χ3n) is 2.35. The second-order valence-corrected chi connectivity index (χ2v) is 3.34. The van der Waals surface area contributed by atoms with Crippen molar-refractivity contribution in [2.75, 3.05) is 5.73 Å². The highest BCUT2D eigenvalue weighted by molar-refractivity contribution is 5.68. The monoisotopic (exact) mass is 188 g/mol. The predicted octanol–water partition coefficient (Wildman–Crippen LogP) is 2.54. The number of hydrogen-bond acceptors (Lipinski definition) is 3. The summed E-state index contributed by atoms with van der Waals surface area (Å²) in [4.78, 5) is 0. The number of aromatic nitrogens is 1. The molecule has 0 atom stereocenters. The molecule has 0 aliphatic heterocycles. The van der Waals surface area contributed by atoms with E-state index in [1.165, 1.54) is 0 Å². The lowest BCUT2D eigenvalue weighted by Gasteiger charge is -2.01. The van der Waals surface area contributed by atoms with Gasteiger partial charge in [-0.2, -0.15) is 0 Å². The van der Waals surface area contributed by atoms with E-state index in [1.54, 1.807) is 0 Å². The molecule has 0 radical (unpaired) electrons. The van der Waals surface area contributed by atoms with Gasteiger partial charge in [0.2, 0.25) is 0 Å². The molecule has 2 N–H and O–H groups in total. The molecule has 0 bridgehead atoms. The van der Waals surface area contributed by atoms with Gasteiger partial charge in [0.1, 0.15) is 0 Å². The molecule has 0 spiro atoms. The highest BCUT2D eigenvalue weighted by atomic mass is 16.5. The second-order valence-electron chi connectivity index (χ2n) is 3.34. The van der Waals surface area contributed by atoms with Crippen molar-refractivity contribution in [3.05, 3.63) is 35.4 Å². The van der Waals surface area contributed by atoms with Gasteiger partial charge >= 0.3 is 0 Å². The number of hydrogen-bond donors (Lipinski definition) is 1. The Hall–Kier alpha value is -1.77. The van der Waals surface area contributed by atoms with Gasteiger partial charge in [0.05, 0.1) is 0 Å². The zero-order valence-electron chi connectivity index (χ0n) is 8.24. The van der Waals surface area contributed by atoms with Crippen LogP contribution in [0.1, 0.15) is 11.1 Å². The lowest BCUT2D eigenvalue weighted by atomic mass is 10.0. The van der Waals surface area contributed by atoms with Crippen molar-refractivity contribution >= 4 is 5.82 Å². The van der Waals surface area contributed by atoms with Crippen molar-refractivity contribution in [2.45, 2.75) is 13.8 Å². The Balaban J connectivity index is 2.60. The van der Waals surface area contributed by atoms with Gasteiger partial charge in [-0.05, 0) is 19.4 Å². The van der Waals surface area contributed by atoms with Crippen molar-refractivity contribution in [3.8, 4) is 11.3 Å². The fourth-order valence-electron chi connectivity index (χ4n) is 1.43. The van der Waals surface area contributed by atoms with Crippen LogP contribution in [0.2, 0.25) is 0 Å². The molecule has 0 unspecified atom stereocenters. The first-order valence-electron chi connectivity index (χ1n) is 4.48. The van der Waals surface area contributed by atoms with Crippen molar-refractivity contribution < 1.29 is 4.52 Å². The van der Waals surface area contributed by atoms with Crippen molar-refractivity contribution in [2.24, 2.45) is 0 Å². The lowest BCUT2D eigenvalue weighted by molar-refractivity contribution is 0.435. The smallest absolute Gasteiger partial charge is 0.172 e. The molecule has 2 rings (SSSR count). The summed E-state index contributed by atoms with van der Waals surface area (Å²) in [5.74, 6) is 1.23. The highest BCUT2D eigenvalue weighted by Crippen LogP contribution is 2.28. The largest absolute Gasteiger partial charge is 0.381 e. The average Bonchev–Trinajstić information content (AvgIpc) is 2.49. The Bertz CT molecular complexity index is 460. The van der Waals surface area contributed by atoms with E-state index in [-0.39, 0.29) is 0 Å². The van der Waals surface area contributed by atoms with E-state index >= 15 is 0 Å². The first-order valence-corrected chi connectivity index (χ1v) is 4.48. The maximum atomic E-state index is 5.62. The number of nitrogen functional groups attached to an aromatic ring is 1. The third kappa shape index (κ3) is 1.27. The van der Waals surface area contributed by atoms with Crippen molar-refractivity contribution in [3.63, 3.8) is 0 Å². The second kappa shape index (κ2) is 3.18. The topological polar surface area (TPSA) is 52.0 Å². The van der Waals surface area contributed by atoms with Gasteiger partial charge < -0.3 is 10.3 Å². The van der Waals surface area contributed by atoms with Gasteiger partial charge in [-0.15, -0.1) is 0 Å². The summed E-state index contributed by atoms with van der Waals surface area (Å²) in [5.41, 5.74) is 8.73. The van der Waals surface area contributed by atoms with E-state index in [9.17, 15) is 0 Å². The minimum atomic E-state index is 0.461. The highest BCUT2D eigenvalue weighted by Gasteiger charge is 2.12. The number of anilines is 1. The summed E-state index contributed by atoms with van der Waals surface area (Å²) in [5, 5.41) is 3.74. The zero-order valence-corrected chi connectivity index (χ0v) is 8.24. The molecule has 0 saturated heterocycles. The predicted molar refractivity (Wildman–Crippen MR) is 55.8 cm³/mol. The number of rotatable bonds is 1. The molecule has 0 aliphatic rings. The first-order chi connectivity index (χ1) is 6.70. The Morgan fingerprint density at radius 3 is 2.50 bits per heavy atom. The zero-order chi connectivity index (χ0) is 10.1. The Morgan fingerprint density at radius 1 is 1.21 bits per heavy atom. The van der Waals surface area contributed by atoms with Gasteiger partial charge in [0.25, 0.3) is 0 Å². The van der Waals surface area contributed by atoms with Gasteiger partial charge in [-0.25, -0.2) is 0 Å². The van der Waals surface area contributed by atoms with Gasteiger partial charge in [0, 0.05) is 11.1 Å². The third-order valence-corrected chi connectivity index (χ3v) is 2.35. The molecular weight excluding hydrogens is 176 g/mol. The average molecular weight is 188 g/mol. The van der Waals surface area contributed by atoms with Crippen LogP contribution in [0.3, 0.4) is 0 Å². The Kier molecular flexibility index (Phi) is 2.00. The molecule has 1 heterocycles. The van der Waals surface area contributed by atoms with Gasteiger partial charge in [-0.1, -0.05) is 29.4 Å². The summed E-state index contributed by atoms with van der Waals surface area (Å²) in [6.07, 6.45) is 0. The van der Waals surface area contributed by atoms with Crippen LogP contribution in [-0.4, -0.2) is 5.16 Å². The molecule has 0 aliphatic carbocycles. The first kappa shape index (κ1) is 8.81. The van der Waals surface area contributed by atoms with Crippen LogP contribution in [0.5, 0.6) is 0 Å². The molecule has 14 heavy (non-hydrogen) atoms. The molecule has 0 amide bonds.